The van der Waals surface area contributed by atoms with E-state index in [2.05, 4.69) is 15.5 Å². The summed E-state index contributed by atoms with van der Waals surface area (Å²) in [6.45, 7) is 0.295. The maximum atomic E-state index is 11.0. The fourth-order valence-electron chi connectivity index (χ4n) is 0.793. The number of nitrogens with one attached hydrogen (secondary N) is 2. The van der Waals surface area contributed by atoms with Crippen molar-refractivity contribution in [3.63, 3.8) is 0 Å². The van der Waals surface area contributed by atoms with Crippen LogP contribution < -0.4 is 10.6 Å². The normalized spacial score (nSPS) is 9.67. The first-order valence-corrected chi connectivity index (χ1v) is 4.65. The van der Waals surface area contributed by atoms with Crippen LogP contribution in [0.4, 0.5) is 4.79 Å². The van der Waals surface area contributed by atoms with Gasteiger partial charge in [-0.25, -0.2) is 4.79 Å². The summed E-state index contributed by atoms with van der Waals surface area (Å²) in [4.78, 5) is 25.4. The zero-order valence-electron chi connectivity index (χ0n) is 7.70. The summed E-state index contributed by atoms with van der Waals surface area (Å²) in [5.41, 5.74) is 0. The highest BCUT2D eigenvalue weighted by Crippen LogP contribution is 1.90. The molecule has 0 saturated carbocycles. The first kappa shape index (κ1) is 11.4. The van der Waals surface area contributed by atoms with Crippen LogP contribution in [0.5, 0.6) is 0 Å². The van der Waals surface area contributed by atoms with E-state index in [-0.39, 0.29) is 5.88 Å². The maximum absolute atomic E-state index is 11.0. The SMILES string of the molecule is O=C(CCl)NC(=O)NCCc1ncno1. The van der Waals surface area contributed by atoms with E-state index >= 15 is 0 Å². The number of alkyl halides is 1. The smallest absolute Gasteiger partial charge is 0.321 e. The Morgan fingerprint density at radius 1 is 1.53 bits per heavy atom. The lowest BCUT2D eigenvalue weighted by atomic mass is 10.4. The molecule has 0 unspecified atom stereocenters. The molecular formula is C7H9ClN4O3. The summed E-state index contributed by atoms with van der Waals surface area (Å²) in [5, 5.41) is 7.85. The predicted molar refractivity (Wildman–Crippen MR) is 50.3 cm³/mol. The van der Waals surface area contributed by atoms with E-state index in [9.17, 15) is 9.59 Å². The minimum atomic E-state index is -0.597. The number of hydrogen-bond donors (Lipinski definition) is 2. The second-order valence-corrected chi connectivity index (χ2v) is 2.79. The lowest BCUT2D eigenvalue weighted by Crippen LogP contribution is -2.40. The molecular weight excluding hydrogens is 224 g/mol. The number of imide groups is 1. The van der Waals surface area contributed by atoms with E-state index in [1.807, 2.05) is 5.32 Å². The average Bonchev–Trinajstić information content (AvgIpc) is 2.70. The molecule has 0 spiro atoms. The van der Waals surface area contributed by atoms with Gasteiger partial charge in [0.1, 0.15) is 5.88 Å². The van der Waals surface area contributed by atoms with Gasteiger partial charge in [-0.05, 0) is 0 Å². The summed E-state index contributed by atoms with van der Waals surface area (Å²) < 4.78 is 4.70. The van der Waals surface area contributed by atoms with Gasteiger partial charge in [0.05, 0.1) is 0 Å². The number of rotatable bonds is 4. The lowest BCUT2D eigenvalue weighted by Gasteiger charge is -2.03. The molecule has 0 radical (unpaired) electrons. The number of amides is 3. The number of nitrogens with zero attached hydrogens (tertiary/aromatic N) is 2. The summed E-state index contributed by atoms with van der Waals surface area (Å²) in [7, 11) is 0. The van der Waals surface area contributed by atoms with Crippen molar-refractivity contribution in [3.05, 3.63) is 12.2 Å². The molecule has 0 saturated heterocycles. The molecule has 8 heteroatoms. The molecule has 0 fully saturated rings. The number of urea groups is 1. The Kier molecular flexibility index (Phi) is 4.55. The molecule has 82 valence electrons. The van der Waals surface area contributed by atoms with Gasteiger partial charge in [0, 0.05) is 13.0 Å². The van der Waals surface area contributed by atoms with Gasteiger partial charge >= 0.3 is 6.03 Å². The van der Waals surface area contributed by atoms with E-state index in [1.165, 1.54) is 6.33 Å². The maximum Gasteiger partial charge on any atom is 0.321 e. The molecule has 0 aliphatic carbocycles. The highest BCUT2D eigenvalue weighted by atomic mass is 35.5. The van der Waals surface area contributed by atoms with Gasteiger partial charge in [0.15, 0.2) is 6.33 Å². The molecule has 1 aromatic rings. The van der Waals surface area contributed by atoms with Crippen molar-refractivity contribution in [2.45, 2.75) is 6.42 Å². The standard InChI is InChI=1S/C7H9ClN4O3/c8-3-5(13)12-7(14)9-2-1-6-10-4-11-15-6/h4H,1-3H2,(H2,9,12,13,14). The van der Waals surface area contributed by atoms with Crippen LogP contribution in [0.15, 0.2) is 10.9 Å². The Bertz CT molecular complexity index is 327. The molecule has 1 rings (SSSR count). The molecule has 0 aliphatic rings. The van der Waals surface area contributed by atoms with Crippen molar-refractivity contribution in [2.24, 2.45) is 0 Å². The third-order valence-corrected chi connectivity index (χ3v) is 1.65. The first-order chi connectivity index (χ1) is 7.22. The lowest BCUT2D eigenvalue weighted by molar-refractivity contribution is -0.117. The summed E-state index contributed by atoms with van der Waals surface area (Å²) in [6.07, 6.45) is 1.68. The molecule has 0 bridgehead atoms. The Morgan fingerprint density at radius 3 is 2.93 bits per heavy atom. The van der Waals surface area contributed by atoms with Gasteiger partial charge in [0.25, 0.3) is 0 Å². The number of carbonyl (C=O) groups excluding carboxylic acids is 2. The largest absolute Gasteiger partial charge is 0.340 e. The summed E-state index contributed by atoms with van der Waals surface area (Å²) in [5.74, 6) is -0.386. The van der Waals surface area contributed by atoms with Gasteiger partial charge in [-0.2, -0.15) is 4.98 Å². The molecule has 0 aliphatic heterocycles. The van der Waals surface area contributed by atoms with Crippen LogP contribution >= 0.6 is 11.6 Å². The fraction of sp³-hybridized carbons (Fsp3) is 0.429. The van der Waals surface area contributed by atoms with Gasteiger partial charge in [-0.3, -0.25) is 10.1 Å². The molecule has 2 N–H and O–H groups in total. The van der Waals surface area contributed by atoms with E-state index in [1.54, 1.807) is 0 Å². The van der Waals surface area contributed by atoms with Crippen LogP contribution in [0, 0.1) is 0 Å². The van der Waals surface area contributed by atoms with Gasteiger partial charge in [-0.1, -0.05) is 5.16 Å². The summed E-state index contributed by atoms with van der Waals surface area (Å²) >= 11 is 5.19. The average molecular weight is 233 g/mol. The Hall–Kier alpha value is -1.63. The van der Waals surface area contributed by atoms with E-state index < -0.39 is 11.9 Å². The van der Waals surface area contributed by atoms with Crippen LogP contribution in [0.1, 0.15) is 5.89 Å². The van der Waals surface area contributed by atoms with Crippen molar-refractivity contribution in [3.8, 4) is 0 Å². The first-order valence-electron chi connectivity index (χ1n) is 4.11. The van der Waals surface area contributed by atoms with Crippen LogP contribution in [0.3, 0.4) is 0 Å². The van der Waals surface area contributed by atoms with Crippen molar-refractivity contribution in [1.29, 1.82) is 0 Å². The minimum Gasteiger partial charge on any atom is -0.340 e. The Morgan fingerprint density at radius 2 is 2.33 bits per heavy atom. The third-order valence-electron chi connectivity index (χ3n) is 1.41. The number of carbonyl (C=O) groups is 2. The fourth-order valence-corrected chi connectivity index (χ4v) is 0.860. The second kappa shape index (κ2) is 5.97. The van der Waals surface area contributed by atoms with Crippen molar-refractivity contribution in [1.82, 2.24) is 20.8 Å². The zero-order chi connectivity index (χ0) is 11.1. The van der Waals surface area contributed by atoms with Crippen molar-refractivity contribution < 1.29 is 14.1 Å². The van der Waals surface area contributed by atoms with Gasteiger partial charge in [-0.15, -0.1) is 11.6 Å². The van der Waals surface area contributed by atoms with Crippen LogP contribution in [0.25, 0.3) is 0 Å². The van der Waals surface area contributed by atoms with Crippen LogP contribution in [0.2, 0.25) is 0 Å². The number of halogens is 1. The van der Waals surface area contributed by atoms with Crippen molar-refractivity contribution in [2.75, 3.05) is 12.4 Å². The van der Waals surface area contributed by atoms with Crippen molar-refractivity contribution >= 4 is 23.5 Å². The predicted octanol–water partition coefficient (Wildman–Crippen LogP) is -0.323. The molecule has 0 atom stereocenters. The van der Waals surface area contributed by atoms with Gasteiger partial charge in [0.2, 0.25) is 11.8 Å². The second-order valence-electron chi connectivity index (χ2n) is 2.52. The van der Waals surface area contributed by atoms with E-state index in [0.717, 1.165) is 0 Å². The molecule has 15 heavy (non-hydrogen) atoms. The quantitative estimate of drug-likeness (QED) is 0.694. The topological polar surface area (TPSA) is 97.1 Å². The number of hydrogen-bond acceptors (Lipinski definition) is 5. The zero-order valence-corrected chi connectivity index (χ0v) is 8.45. The molecule has 1 heterocycles. The molecule has 3 amide bonds. The Balaban J connectivity index is 2.15. The van der Waals surface area contributed by atoms with Crippen LogP contribution in [-0.4, -0.2) is 34.5 Å². The third kappa shape index (κ3) is 4.41. The summed E-state index contributed by atoms with van der Waals surface area (Å²) in [6, 6.07) is -0.597. The highest BCUT2D eigenvalue weighted by Gasteiger charge is 2.05. The van der Waals surface area contributed by atoms with E-state index in [0.29, 0.717) is 18.9 Å². The van der Waals surface area contributed by atoms with Crippen LogP contribution in [-0.2, 0) is 11.2 Å². The Labute approximate surface area is 90.2 Å². The highest BCUT2D eigenvalue weighted by molar-refractivity contribution is 6.28. The number of aromatic nitrogens is 2. The minimum absolute atomic E-state index is 0.253. The molecule has 1 aromatic heterocycles. The van der Waals surface area contributed by atoms with Gasteiger partial charge < -0.3 is 9.84 Å². The molecule has 0 aromatic carbocycles. The monoisotopic (exact) mass is 232 g/mol. The van der Waals surface area contributed by atoms with E-state index in [4.69, 9.17) is 16.1 Å². The molecule has 7 nitrogen and oxygen atoms in total.